The lowest BCUT2D eigenvalue weighted by Gasteiger charge is -2.27. The van der Waals surface area contributed by atoms with E-state index in [4.69, 9.17) is 4.74 Å². The maximum absolute atomic E-state index is 6.00. The van der Waals surface area contributed by atoms with Crippen molar-refractivity contribution >= 4 is 0 Å². The van der Waals surface area contributed by atoms with Gasteiger partial charge in [0.1, 0.15) is 11.4 Å². The molecule has 0 bridgehead atoms. The standard InChI is InChI=1S/C14H19NO/c1-14(2)13(15-9-10-7-8-10)11-5-3-4-6-12(11)16-14/h3-6,10,13,15H,7-9H2,1-2H3. The first-order valence-corrected chi connectivity index (χ1v) is 6.18. The molecule has 1 heterocycles. The molecule has 0 radical (unpaired) electrons. The van der Waals surface area contributed by atoms with E-state index in [1.54, 1.807) is 0 Å². The Labute approximate surface area is 97.0 Å². The van der Waals surface area contributed by atoms with Crippen molar-refractivity contribution in [2.75, 3.05) is 6.54 Å². The Balaban J connectivity index is 1.82. The van der Waals surface area contributed by atoms with Crippen LogP contribution in [0, 0.1) is 5.92 Å². The SMILES string of the molecule is CC1(C)Oc2ccccc2C1NCC1CC1. The summed E-state index contributed by atoms with van der Waals surface area (Å²) in [5, 5.41) is 3.66. The highest BCUT2D eigenvalue weighted by Crippen LogP contribution is 2.43. The Hall–Kier alpha value is -1.02. The molecule has 0 amide bonds. The van der Waals surface area contributed by atoms with Gasteiger partial charge in [-0.15, -0.1) is 0 Å². The van der Waals surface area contributed by atoms with Crippen LogP contribution < -0.4 is 10.1 Å². The second-order valence-corrected chi connectivity index (χ2v) is 5.53. The Morgan fingerprint density at radius 1 is 1.31 bits per heavy atom. The van der Waals surface area contributed by atoms with E-state index >= 15 is 0 Å². The van der Waals surface area contributed by atoms with Crippen molar-refractivity contribution in [2.24, 2.45) is 5.92 Å². The van der Waals surface area contributed by atoms with Crippen LogP contribution in [0.2, 0.25) is 0 Å². The quantitative estimate of drug-likeness (QED) is 0.840. The maximum atomic E-state index is 6.00. The predicted octanol–water partition coefficient (Wildman–Crippen LogP) is 2.90. The lowest BCUT2D eigenvalue weighted by Crippen LogP contribution is -2.39. The van der Waals surface area contributed by atoms with E-state index in [1.807, 2.05) is 6.07 Å². The van der Waals surface area contributed by atoms with Crippen LogP contribution in [0.5, 0.6) is 5.75 Å². The third kappa shape index (κ3) is 1.71. The minimum absolute atomic E-state index is 0.126. The summed E-state index contributed by atoms with van der Waals surface area (Å²) in [6.07, 6.45) is 2.78. The van der Waals surface area contributed by atoms with Gasteiger partial charge in [-0.3, -0.25) is 0 Å². The Morgan fingerprint density at radius 2 is 2.06 bits per heavy atom. The highest BCUT2D eigenvalue weighted by atomic mass is 16.5. The highest BCUT2D eigenvalue weighted by Gasteiger charge is 2.41. The lowest BCUT2D eigenvalue weighted by molar-refractivity contribution is 0.0961. The largest absolute Gasteiger partial charge is 0.486 e. The smallest absolute Gasteiger partial charge is 0.125 e. The second kappa shape index (κ2) is 3.49. The molecule has 1 saturated carbocycles. The number of hydrogen-bond donors (Lipinski definition) is 1. The van der Waals surface area contributed by atoms with Gasteiger partial charge in [-0.05, 0) is 45.2 Å². The molecule has 1 aromatic carbocycles. The van der Waals surface area contributed by atoms with Gasteiger partial charge in [-0.2, -0.15) is 0 Å². The van der Waals surface area contributed by atoms with E-state index in [2.05, 4.69) is 37.4 Å². The Morgan fingerprint density at radius 3 is 2.81 bits per heavy atom. The monoisotopic (exact) mass is 217 g/mol. The fourth-order valence-corrected chi connectivity index (χ4v) is 2.49. The van der Waals surface area contributed by atoms with Crippen LogP contribution in [0.15, 0.2) is 24.3 Å². The summed E-state index contributed by atoms with van der Waals surface area (Å²) in [5.74, 6) is 1.95. The molecule has 2 aliphatic rings. The van der Waals surface area contributed by atoms with Gasteiger partial charge in [-0.1, -0.05) is 18.2 Å². The van der Waals surface area contributed by atoms with E-state index in [9.17, 15) is 0 Å². The van der Waals surface area contributed by atoms with Crippen molar-refractivity contribution in [1.29, 1.82) is 0 Å². The topological polar surface area (TPSA) is 21.3 Å². The molecule has 1 N–H and O–H groups in total. The van der Waals surface area contributed by atoms with Crippen molar-refractivity contribution in [3.63, 3.8) is 0 Å². The van der Waals surface area contributed by atoms with Crippen LogP contribution in [0.1, 0.15) is 38.3 Å². The van der Waals surface area contributed by atoms with Crippen molar-refractivity contribution in [2.45, 2.75) is 38.3 Å². The van der Waals surface area contributed by atoms with Gasteiger partial charge in [0.15, 0.2) is 0 Å². The van der Waals surface area contributed by atoms with E-state index < -0.39 is 0 Å². The molecule has 86 valence electrons. The van der Waals surface area contributed by atoms with E-state index in [0.29, 0.717) is 6.04 Å². The fraction of sp³-hybridized carbons (Fsp3) is 0.571. The molecule has 3 rings (SSSR count). The zero-order chi connectivity index (χ0) is 11.2. The van der Waals surface area contributed by atoms with Crippen LogP contribution in [0.4, 0.5) is 0 Å². The molecule has 0 aromatic heterocycles. The molecule has 1 atom stereocenters. The number of rotatable bonds is 3. The van der Waals surface area contributed by atoms with Gasteiger partial charge in [0.05, 0.1) is 6.04 Å². The summed E-state index contributed by atoms with van der Waals surface area (Å²) in [6, 6.07) is 8.71. The number of benzene rings is 1. The predicted molar refractivity (Wildman–Crippen MR) is 64.6 cm³/mol. The third-order valence-corrected chi connectivity index (χ3v) is 3.61. The number of fused-ring (bicyclic) bond motifs is 1. The van der Waals surface area contributed by atoms with Crippen LogP contribution in [0.25, 0.3) is 0 Å². The van der Waals surface area contributed by atoms with Crippen molar-refractivity contribution in [3.8, 4) is 5.75 Å². The summed E-state index contributed by atoms with van der Waals surface area (Å²) in [7, 11) is 0. The molecule has 1 fully saturated rings. The first kappa shape index (κ1) is 10.2. The Bertz CT molecular complexity index is 395. The third-order valence-electron chi connectivity index (χ3n) is 3.61. The van der Waals surface area contributed by atoms with Gasteiger partial charge in [0.25, 0.3) is 0 Å². The molecule has 16 heavy (non-hydrogen) atoms. The van der Waals surface area contributed by atoms with Crippen LogP contribution in [-0.4, -0.2) is 12.1 Å². The summed E-state index contributed by atoms with van der Waals surface area (Å²) in [6.45, 7) is 5.46. The molecular weight excluding hydrogens is 198 g/mol. The lowest BCUT2D eigenvalue weighted by atomic mass is 9.94. The summed E-state index contributed by atoms with van der Waals surface area (Å²) in [4.78, 5) is 0. The molecule has 1 aromatic rings. The van der Waals surface area contributed by atoms with E-state index in [1.165, 1.54) is 18.4 Å². The first-order valence-electron chi connectivity index (χ1n) is 6.18. The summed E-state index contributed by atoms with van der Waals surface area (Å²) >= 11 is 0. The minimum Gasteiger partial charge on any atom is -0.486 e. The van der Waals surface area contributed by atoms with Crippen molar-refractivity contribution in [3.05, 3.63) is 29.8 Å². The molecule has 0 saturated heterocycles. The molecule has 0 spiro atoms. The van der Waals surface area contributed by atoms with Gasteiger partial charge < -0.3 is 10.1 Å². The first-order chi connectivity index (χ1) is 7.67. The number of nitrogens with one attached hydrogen (secondary N) is 1. The maximum Gasteiger partial charge on any atom is 0.125 e. The zero-order valence-electron chi connectivity index (χ0n) is 9.99. The zero-order valence-corrected chi connectivity index (χ0v) is 9.99. The number of hydrogen-bond acceptors (Lipinski definition) is 2. The molecule has 1 unspecified atom stereocenters. The van der Waals surface area contributed by atoms with Crippen LogP contribution >= 0.6 is 0 Å². The van der Waals surface area contributed by atoms with Gasteiger partial charge >= 0.3 is 0 Å². The molecular formula is C14H19NO. The van der Waals surface area contributed by atoms with Crippen molar-refractivity contribution < 1.29 is 4.74 Å². The average Bonchev–Trinajstić information content (AvgIpc) is 3.00. The van der Waals surface area contributed by atoms with E-state index in [-0.39, 0.29) is 5.60 Å². The second-order valence-electron chi connectivity index (χ2n) is 5.53. The normalized spacial score (nSPS) is 26.2. The molecule has 2 heteroatoms. The highest BCUT2D eigenvalue weighted by molar-refractivity contribution is 5.42. The van der Waals surface area contributed by atoms with Crippen LogP contribution in [0.3, 0.4) is 0 Å². The number of para-hydroxylation sites is 1. The van der Waals surface area contributed by atoms with Crippen molar-refractivity contribution in [1.82, 2.24) is 5.32 Å². The average molecular weight is 217 g/mol. The van der Waals surface area contributed by atoms with Gasteiger partial charge in [0, 0.05) is 5.56 Å². The number of ether oxygens (including phenoxy) is 1. The van der Waals surface area contributed by atoms with Gasteiger partial charge in [-0.25, -0.2) is 0 Å². The van der Waals surface area contributed by atoms with Crippen LogP contribution in [-0.2, 0) is 0 Å². The minimum atomic E-state index is -0.126. The Kier molecular flexibility index (Phi) is 2.21. The molecule has 1 aliphatic heterocycles. The fourth-order valence-electron chi connectivity index (χ4n) is 2.49. The van der Waals surface area contributed by atoms with Gasteiger partial charge in [0.2, 0.25) is 0 Å². The van der Waals surface area contributed by atoms with E-state index in [0.717, 1.165) is 18.2 Å². The molecule has 1 aliphatic carbocycles. The molecule has 2 nitrogen and oxygen atoms in total. The summed E-state index contributed by atoms with van der Waals surface area (Å²) < 4.78 is 6.00. The summed E-state index contributed by atoms with van der Waals surface area (Å²) in [5.41, 5.74) is 1.19.